The average molecular weight is 170 g/mol. The third-order valence-electron chi connectivity index (χ3n) is 0.348. The molecular weight excluding hydrogens is 154 g/mol. The van der Waals surface area contributed by atoms with Crippen molar-refractivity contribution in [3.8, 4) is 0 Å². The summed E-state index contributed by atoms with van der Waals surface area (Å²) in [5.41, 5.74) is 4.85. The topological polar surface area (TPSA) is 52.3 Å². The number of hydrogen-bond acceptors (Lipinski definition) is 3. The highest BCUT2D eigenvalue weighted by molar-refractivity contribution is 5.85. The van der Waals surface area contributed by atoms with Crippen LogP contribution in [0.15, 0.2) is 0 Å². The Morgan fingerprint density at radius 1 is 1.50 bits per heavy atom. The average Bonchev–Trinajstić information content (AvgIpc) is 1.67. The van der Waals surface area contributed by atoms with E-state index in [1.165, 1.54) is 6.92 Å². The standard InChI is InChI=1S/C4H8O2.C2H7N.ClH/c1-3-6-4(2)5;1-2-3;/h3H2,1-2H3;2-3H2,1H3;1H. The molecule has 0 saturated heterocycles. The second-order valence-electron chi connectivity index (χ2n) is 1.33. The first-order chi connectivity index (χ1) is 4.18. The molecule has 10 heavy (non-hydrogen) atoms. The zero-order chi connectivity index (χ0) is 7.70. The molecule has 0 unspecified atom stereocenters. The normalized spacial score (nSPS) is 6.40. The van der Waals surface area contributed by atoms with Gasteiger partial charge in [0.25, 0.3) is 0 Å². The summed E-state index contributed by atoms with van der Waals surface area (Å²) in [6, 6.07) is 0. The SMILES string of the molecule is CCN.CCOC(C)=O.Cl. The van der Waals surface area contributed by atoms with Crippen molar-refractivity contribution in [1.29, 1.82) is 0 Å². The lowest BCUT2D eigenvalue weighted by Crippen LogP contribution is -1.95. The molecule has 0 saturated carbocycles. The van der Waals surface area contributed by atoms with Crippen LogP contribution in [0, 0.1) is 0 Å². The second-order valence-corrected chi connectivity index (χ2v) is 1.33. The van der Waals surface area contributed by atoms with Gasteiger partial charge in [-0.2, -0.15) is 0 Å². The number of rotatable bonds is 1. The minimum Gasteiger partial charge on any atom is -0.466 e. The smallest absolute Gasteiger partial charge is 0.302 e. The number of nitrogens with two attached hydrogens (primary N) is 1. The van der Waals surface area contributed by atoms with E-state index in [-0.39, 0.29) is 18.4 Å². The van der Waals surface area contributed by atoms with Gasteiger partial charge in [0.1, 0.15) is 0 Å². The van der Waals surface area contributed by atoms with E-state index in [2.05, 4.69) is 4.74 Å². The van der Waals surface area contributed by atoms with Crippen molar-refractivity contribution in [2.75, 3.05) is 13.2 Å². The Labute approximate surface area is 68.3 Å². The van der Waals surface area contributed by atoms with Crippen molar-refractivity contribution in [3.05, 3.63) is 0 Å². The van der Waals surface area contributed by atoms with E-state index in [9.17, 15) is 4.79 Å². The van der Waals surface area contributed by atoms with Crippen molar-refractivity contribution in [3.63, 3.8) is 0 Å². The Kier molecular flexibility index (Phi) is 26.0. The molecule has 0 aliphatic heterocycles. The lowest BCUT2D eigenvalue weighted by atomic mass is 10.8. The molecule has 4 heteroatoms. The van der Waals surface area contributed by atoms with Crippen LogP contribution in [0.3, 0.4) is 0 Å². The van der Waals surface area contributed by atoms with Crippen LogP contribution in [-0.2, 0) is 9.53 Å². The molecule has 0 amide bonds. The summed E-state index contributed by atoms with van der Waals surface area (Å²) in [5, 5.41) is 0. The van der Waals surface area contributed by atoms with Gasteiger partial charge in [0.15, 0.2) is 0 Å². The first kappa shape index (κ1) is 16.4. The predicted octanol–water partition coefficient (Wildman–Crippen LogP) is 0.956. The summed E-state index contributed by atoms with van der Waals surface area (Å²) in [5.74, 6) is -0.211. The van der Waals surface area contributed by atoms with Crippen LogP contribution in [0.2, 0.25) is 0 Å². The van der Waals surface area contributed by atoms with Crippen LogP contribution < -0.4 is 5.73 Å². The molecule has 0 rings (SSSR count). The molecule has 0 aliphatic rings. The largest absolute Gasteiger partial charge is 0.466 e. The molecule has 0 radical (unpaired) electrons. The van der Waals surface area contributed by atoms with E-state index in [1.54, 1.807) is 6.92 Å². The first-order valence-electron chi connectivity index (χ1n) is 3.02. The molecule has 3 nitrogen and oxygen atoms in total. The minimum absolute atomic E-state index is 0. The van der Waals surface area contributed by atoms with Crippen LogP contribution in [0.25, 0.3) is 0 Å². The molecule has 0 aliphatic carbocycles. The van der Waals surface area contributed by atoms with Gasteiger partial charge in [0, 0.05) is 6.92 Å². The van der Waals surface area contributed by atoms with E-state index in [4.69, 9.17) is 5.73 Å². The minimum atomic E-state index is -0.211. The van der Waals surface area contributed by atoms with Crippen LogP contribution in [0.4, 0.5) is 0 Å². The van der Waals surface area contributed by atoms with Crippen LogP contribution in [0.5, 0.6) is 0 Å². The maximum atomic E-state index is 9.82. The summed E-state index contributed by atoms with van der Waals surface area (Å²) in [7, 11) is 0. The maximum absolute atomic E-state index is 9.82. The molecule has 0 atom stereocenters. The molecule has 64 valence electrons. The van der Waals surface area contributed by atoms with Crippen molar-refractivity contribution in [2.45, 2.75) is 20.8 Å². The summed E-state index contributed by atoms with van der Waals surface area (Å²) in [4.78, 5) is 9.82. The van der Waals surface area contributed by atoms with E-state index < -0.39 is 0 Å². The maximum Gasteiger partial charge on any atom is 0.302 e. The van der Waals surface area contributed by atoms with Gasteiger partial charge in [0.05, 0.1) is 6.61 Å². The summed E-state index contributed by atoms with van der Waals surface area (Å²) in [6.07, 6.45) is 0. The monoisotopic (exact) mass is 169 g/mol. The highest BCUT2D eigenvalue weighted by Crippen LogP contribution is 1.69. The van der Waals surface area contributed by atoms with Gasteiger partial charge in [0.2, 0.25) is 0 Å². The Hall–Kier alpha value is -0.280. The zero-order valence-electron chi connectivity index (χ0n) is 6.72. The Morgan fingerprint density at radius 3 is 1.80 bits per heavy atom. The van der Waals surface area contributed by atoms with Crippen molar-refractivity contribution >= 4 is 18.4 Å². The van der Waals surface area contributed by atoms with Gasteiger partial charge < -0.3 is 10.5 Å². The Morgan fingerprint density at radius 2 is 1.80 bits per heavy atom. The second kappa shape index (κ2) is 15.9. The highest BCUT2D eigenvalue weighted by atomic mass is 35.5. The molecule has 0 bridgehead atoms. The first-order valence-corrected chi connectivity index (χ1v) is 3.02. The summed E-state index contributed by atoms with van der Waals surface area (Å²) < 4.78 is 4.40. The van der Waals surface area contributed by atoms with Gasteiger partial charge >= 0.3 is 5.97 Å². The number of hydrogen-bond donors (Lipinski definition) is 1. The summed E-state index contributed by atoms with van der Waals surface area (Å²) >= 11 is 0. The van der Waals surface area contributed by atoms with Crippen molar-refractivity contribution in [1.82, 2.24) is 0 Å². The number of esters is 1. The third-order valence-corrected chi connectivity index (χ3v) is 0.348. The zero-order valence-corrected chi connectivity index (χ0v) is 7.53. The van der Waals surface area contributed by atoms with Gasteiger partial charge in [-0.15, -0.1) is 12.4 Å². The molecule has 0 aromatic rings. The predicted molar refractivity (Wildman–Crippen MR) is 44.3 cm³/mol. The highest BCUT2D eigenvalue weighted by Gasteiger charge is 1.81. The Bertz CT molecular complexity index is 68.8. The van der Waals surface area contributed by atoms with E-state index >= 15 is 0 Å². The van der Waals surface area contributed by atoms with E-state index in [0.29, 0.717) is 6.61 Å². The van der Waals surface area contributed by atoms with Gasteiger partial charge in [-0.25, -0.2) is 0 Å². The summed E-state index contributed by atoms with van der Waals surface area (Å²) in [6.45, 7) is 6.31. The quantitative estimate of drug-likeness (QED) is 0.595. The van der Waals surface area contributed by atoms with E-state index in [1.807, 2.05) is 6.92 Å². The van der Waals surface area contributed by atoms with Gasteiger partial charge in [-0.3, -0.25) is 4.79 Å². The number of halogens is 1. The van der Waals surface area contributed by atoms with Gasteiger partial charge in [-0.05, 0) is 13.5 Å². The fourth-order valence-corrected chi connectivity index (χ4v) is 0.203. The molecule has 0 aromatic carbocycles. The number of carbonyl (C=O) groups is 1. The molecule has 0 fully saturated rings. The van der Waals surface area contributed by atoms with E-state index in [0.717, 1.165) is 6.54 Å². The van der Waals surface area contributed by atoms with Crippen LogP contribution >= 0.6 is 12.4 Å². The van der Waals surface area contributed by atoms with Crippen molar-refractivity contribution in [2.24, 2.45) is 5.73 Å². The molecule has 2 N–H and O–H groups in total. The fourth-order valence-electron chi connectivity index (χ4n) is 0.203. The Balaban J connectivity index is -0.000000107. The van der Waals surface area contributed by atoms with Crippen LogP contribution in [0.1, 0.15) is 20.8 Å². The molecular formula is C6H16ClNO2. The number of ether oxygens (including phenoxy) is 1. The van der Waals surface area contributed by atoms with Crippen LogP contribution in [-0.4, -0.2) is 19.1 Å². The molecule has 0 spiro atoms. The molecule has 0 heterocycles. The fraction of sp³-hybridized carbons (Fsp3) is 0.833. The third kappa shape index (κ3) is 47.1. The molecule has 0 aromatic heterocycles. The van der Waals surface area contributed by atoms with Crippen molar-refractivity contribution < 1.29 is 9.53 Å². The lowest BCUT2D eigenvalue weighted by molar-refractivity contribution is -0.140. The van der Waals surface area contributed by atoms with Gasteiger partial charge in [-0.1, -0.05) is 6.92 Å². The number of carbonyl (C=O) groups excluding carboxylic acids is 1. The lowest BCUT2D eigenvalue weighted by Gasteiger charge is -1.89.